The van der Waals surface area contributed by atoms with Crippen molar-refractivity contribution in [3.05, 3.63) is 41.0 Å². The van der Waals surface area contributed by atoms with E-state index in [1.165, 1.54) is 0 Å². The summed E-state index contributed by atoms with van der Waals surface area (Å²) in [6.07, 6.45) is 0. The van der Waals surface area contributed by atoms with E-state index in [0.29, 0.717) is 4.99 Å². The molecule has 88 valence electrons. The van der Waals surface area contributed by atoms with Crippen LogP contribution in [0, 0.1) is 20.8 Å². The minimum Gasteiger partial charge on any atom is -0.389 e. The highest BCUT2D eigenvalue weighted by molar-refractivity contribution is 7.80. The summed E-state index contributed by atoms with van der Waals surface area (Å²) in [5, 5.41) is 4.37. The predicted molar refractivity (Wildman–Crippen MR) is 71.5 cm³/mol. The average Bonchev–Trinajstić information content (AvgIpc) is 2.57. The van der Waals surface area contributed by atoms with Gasteiger partial charge in [-0.2, -0.15) is 5.10 Å². The summed E-state index contributed by atoms with van der Waals surface area (Å²) < 4.78 is 1.79. The van der Waals surface area contributed by atoms with Gasteiger partial charge < -0.3 is 5.73 Å². The zero-order valence-electron chi connectivity index (χ0n) is 10.1. The van der Waals surface area contributed by atoms with Crippen molar-refractivity contribution < 1.29 is 0 Å². The molecular formula is C12H14N4S. The number of nitrogens with zero attached hydrogens (tertiary/aromatic N) is 3. The van der Waals surface area contributed by atoms with Gasteiger partial charge >= 0.3 is 0 Å². The van der Waals surface area contributed by atoms with E-state index in [2.05, 4.69) is 10.1 Å². The summed E-state index contributed by atoms with van der Waals surface area (Å²) in [6, 6.07) is 5.85. The second-order valence-electron chi connectivity index (χ2n) is 3.95. The van der Waals surface area contributed by atoms with E-state index >= 15 is 0 Å². The fourth-order valence-electron chi connectivity index (χ4n) is 1.87. The number of hydrogen-bond acceptors (Lipinski definition) is 3. The Balaban J connectivity index is 2.74. The summed E-state index contributed by atoms with van der Waals surface area (Å²) in [5.41, 5.74) is 8.56. The summed E-state index contributed by atoms with van der Waals surface area (Å²) in [4.78, 5) is 4.67. The number of benzene rings is 1. The van der Waals surface area contributed by atoms with Crippen LogP contribution in [0.5, 0.6) is 0 Å². The zero-order chi connectivity index (χ0) is 12.6. The lowest BCUT2D eigenvalue weighted by atomic mass is 10.1. The van der Waals surface area contributed by atoms with Crippen molar-refractivity contribution in [2.24, 2.45) is 5.73 Å². The van der Waals surface area contributed by atoms with Gasteiger partial charge in [0.15, 0.2) is 0 Å². The van der Waals surface area contributed by atoms with Crippen molar-refractivity contribution in [3.63, 3.8) is 0 Å². The predicted octanol–water partition coefficient (Wildman–Crippen LogP) is 1.83. The molecule has 2 rings (SSSR count). The average molecular weight is 246 g/mol. The molecule has 0 saturated carbocycles. The van der Waals surface area contributed by atoms with Crippen molar-refractivity contribution >= 4 is 17.2 Å². The molecule has 0 atom stereocenters. The Morgan fingerprint density at radius 2 is 2.00 bits per heavy atom. The first-order valence-corrected chi connectivity index (χ1v) is 5.71. The van der Waals surface area contributed by atoms with Gasteiger partial charge in [-0.05, 0) is 32.4 Å². The van der Waals surface area contributed by atoms with Gasteiger partial charge in [-0.25, -0.2) is 9.67 Å². The third kappa shape index (κ3) is 2.06. The highest BCUT2D eigenvalue weighted by Gasteiger charge is 2.13. The maximum atomic E-state index is 5.75. The second-order valence-corrected chi connectivity index (χ2v) is 4.39. The Morgan fingerprint density at radius 1 is 1.29 bits per heavy atom. The Kier molecular flexibility index (Phi) is 2.93. The molecule has 1 aromatic heterocycles. The molecule has 0 fully saturated rings. The lowest BCUT2D eigenvalue weighted by Crippen LogP contribution is -2.15. The summed E-state index contributed by atoms with van der Waals surface area (Å²) in [6.45, 7) is 5.78. The van der Waals surface area contributed by atoms with Crippen LogP contribution in [0.3, 0.4) is 0 Å². The summed E-state index contributed by atoms with van der Waals surface area (Å²) >= 11 is 5.08. The largest absolute Gasteiger partial charge is 0.389 e. The topological polar surface area (TPSA) is 56.7 Å². The highest BCUT2D eigenvalue weighted by Crippen LogP contribution is 2.20. The molecule has 0 bridgehead atoms. The van der Waals surface area contributed by atoms with Crippen LogP contribution in [0.2, 0.25) is 0 Å². The quantitative estimate of drug-likeness (QED) is 0.821. The maximum Gasteiger partial charge on any atom is 0.148 e. The highest BCUT2D eigenvalue weighted by atomic mass is 32.1. The summed E-state index contributed by atoms with van der Waals surface area (Å²) in [7, 11) is 0. The van der Waals surface area contributed by atoms with E-state index in [1.807, 2.05) is 39.0 Å². The number of nitrogens with two attached hydrogens (primary N) is 1. The molecule has 0 unspecified atom stereocenters. The van der Waals surface area contributed by atoms with Gasteiger partial charge in [-0.3, -0.25) is 0 Å². The Hall–Kier alpha value is -1.75. The van der Waals surface area contributed by atoms with Crippen LogP contribution in [0.4, 0.5) is 0 Å². The van der Waals surface area contributed by atoms with E-state index in [9.17, 15) is 0 Å². The molecule has 0 amide bonds. The van der Waals surface area contributed by atoms with Gasteiger partial charge in [0.25, 0.3) is 0 Å². The van der Waals surface area contributed by atoms with Crippen LogP contribution >= 0.6 is 12.2 Å². The van der Waals surface area contributed by atoms with E-state index in [1.54, 1.807) is 4.68 Å². The molecule has 1 heterocycles. The molecule has 4 nitrogen and oxygen atoms in total. The molecule has 5 heteroatoms. The first kappa shape index (κ1) is 11.7. The third-order valence-electron chi connectivity index (χ3n) is 2.59. The molecule has 0 spiro atoms. The monoisotopic (exact) mass is 246 g/mol. The third-order valence-corrected chi connectivity index (χ3v) is 2.81. The zero-order valence-corrected chi connectivity index (χ0v) is 10.9. The smallest absolute Gasteiger partial charge is 0.148 e. The van der Waals surface area contributed by atoms with Crippen molar-refractivity contribution in [1.29, 1.82) is 0 Å². The molecule has 0 aliphatic heterocycles. The van der Waals surface area contributed by atoms with Gasteiger partial charge in [0.05, 0.1) is 5.69 Å². The van der Waals surface area contributed by atoms with Crippen molar-refractivity contribution in [2.45, 2.75) is 20.8 Å². The maximum absolute atomic E-state index is 5.75. The molecular weight excluding hydrogens is 232 g/mol. The second kappa shape index (κ2) is 4.25. The van der Waals surface area contributed by atoms with Gasteiger partial charge in [-0.1, -0.05) is 24.4 Å². The number of aryl methyl sites for hydroxylation is 3. The number of rotatable bonds is 2. The van der Waals surface area contributed by atoms with E-state index in [-0.39, 0.29) is 0 Å². The van der Waals surface area contributed by atoms with Crippen LogP contribution in [0.25, 0.3) is 5.69 Å². The van der Waals surface area contributed by atoms with Crippen LogP contribution < -0.4 is 5.73 Å². The van der Waals surface area contributed by atoms with E-state index < -0.39 is 0 Å². The summed E-state index contributed by atoms with van der Waals surface area (Å²) in [5.74, 6) is 1.56. The Labute approximate surface area is 105 Å². The Morgan fingerprint density at radius 3 is 2.53 bits per heavy atom. The normalized spacial score (nSPS) is 10.5. The first-order chi connectivity index (χ1) is 8.00. The number of para-hydroxylation sites is 1. The molecule has 17 heavy (non-hydrogen) atoms. The molecule has 2 N–H and O–H groups in total. The molecule has 0 radical (unpaired) electrons. The van der Waals surface area contributed by atoms with Crippen molar-refractivity contribution in [2.75, 3.05) is 0 Å². The van der Waals surface area contributed by atoms with Gasteiger partial charge in [0.2, 0.25) is 0 Å². The van der Waals surface area contributed by atoms with Gasteiger partial charge in [-0.15, -0.1) is 0 Å². The minimum absolute atomic E-state index is 0.372. The number of hydrogen-bond donors (Lipinski definition) is 1. The Bertz CT molecular complexity index is 586. The number of thiocarbonyl (C=S) groups is 1. The van der Waals surface area contributed by atoms with Crippen LogP contribution in [-0.2, 0) is 0 Å². The standard InChI is InChI=1S/C12H14N4S/c1-7-5-4-6-10(12(13)17)11(7)16-9(3)14-8(2)15-16/h4-6H,1-3H3,(H2,13,17). The van der Waals surface area contributed by atoms with Gasteiger partial charge in [0.1, 0.15) is 16.6 Å². The van der Waals surface area contributed by atoms with Crippen LogP contribution in [0.1, 0.15) is 22.8 Å². The van der Waals surface area contributed by atoms with Crippen molar-refractivity contribution in [1.82, 2.24) is 14.8 Å². The molecule has 0 saturated heterocycles. The lowest BCUT2D eigenvalue weighted by Gasteiger charge is -2.12. The van der Waals surface area contributed by atoms with Crippen LogP contribution in [-0.4, -0.2) is 19.8 Å². The molecule has 0 aliphatic carbocycles. The van der Waals surface area contributed by atoms with Crippen LogP contribution in [0.15, 0.2) is 18.2 Å². The fourth-order valence-corrected chi connectivity index (χ4v) is 2.04. The molecule has 1 aromatic carbocycles. The first-order valence-electron chi connectivity index (χ1n) is 5.30. The van der Waals surface area contributed by atoms with Gasteiger partial charge in [0, 0.05) is 5.56 Å². The number of aromatic nitrogens is 3. The van der Waals surface area contributed by atoms with Crippen molar-refractivity contribution in [3.8, 4) is 5.69 Å². The van der Waals surface area contributed by atoms with E-state index in [0.717, 1.165) is 28.5 Å². The molecule has 0 aliphatic rings. The minimum atomic E-state index is 0.372. The fraction of sp³-hybridized carbons (Fsp3) is 0.250. The lowest BCUT2D eigenvalue weighted by molar-refractivity contribution is 0.823. The molecule has 2 aromatic rings. The van der Waals surface area contributed by atoms with E-state index in [4.69, 9.17) is 18.0 Å². The SMILES string of the molecule is Cc1nc(C)n(-c2c(C)cccc2C(N)=S)n1.